The van der Waals surface area contributed by atoms with Crippen LogP contribution in [-0.4, -0.2) is 30.1 Å². The van der Waals surface area contributed by atoms with Gasteiger partial charge in [-0.15, -0.1) is 5.10 Å². The smallest absolute Gasteiger partial charge is 0.267 e. The van der Waals surface area contributed by atoms with Crippen LogP contribution in [0.1, 0.15) is 6.42 Å². The number of halogens is 1. The third kappa shape index (κ3) is 1.79. The summed E-state index contributed by atoms with van der Waals surface area (Å²) in [6.45, 7) is 0.571. The van der Waals surface area contributed by atoms with Crippen molar-refractivity contribution < 1.29 is 0 Å². The second-order valence-corrected chi connectivity index (χ2v) is 3.96. The molecule has 0 aliphatic carbocycles. The SMILES string of the molecule is Cn1ncc2c(=O)n(CCCBr)nnc21. The molecule has 0 bridgehead atoms. The number of aromatic nitrogens is 5. The fourth-order valence-corrected chi connectivity index (χ4v) is 1.58. The minimum Gasteiger partial charge on any atom is -0.267 e. The van der Waals surface area contributed by atoms with Gasteiger partial charge in [0.05, 0.1) is 6.20 Å². The highest BCUT2D eigenvalue weighted by Gasteiger charge is 2.08. The lowest BCUT2D eigenvalue weighted by Crippen LogP contribution is -2.24. The van der Waals surface area contributed by atoms with Crippen LogP contribution in [0, 0.1) is 0 Å². The quantitative estimate of drug-likeness (QED) is 0.754. The van der Waals surface area contributed by atoms with Crippen molar-refractivity contribution in [3.05, 3.63) is 16.6 Å². The molecule has 2 rings (SSSR count). The van der Waals surface area contributed by atoms with Crippen LogP contribution in [0.4, 0.5) is 0 Å². The molecule has 0 saturated carbocycles. The molecular formula is C8H10BrN5O. The van der Waals surface area contributed by atoms with E-state index in [2.05, 4.69) is 31.3 Å². The van der Waals surface area contributed by atoms with Crippen LogP contribution >= 0.6 is 15.9 Å². The molecule has 0 aliphatic heterocycles. The maximum Gasteiger partial charge on any atom is 0.280 e. The molecular weight excluding hydrogens is 262 g/mol. The third-order valence-electron chi connectivity index (χ3n) is 2.12. The molecule has 0 fully saturated rings. The molecule has 6 nitrogen and oxygen atoms in total. The molecule has 0 aromatic carbocycles. The first kappa shape index (κ1) is 10.3. The van der Waals surface area contributed by atoms with Crippen LogP contribution in [0.2, 0.25) is 0 Å². The molecule has 0 aliphatic rings. The first-order valence-electron chi connectivity index (χ1n) is 4.55. The Labute approximate surface area is 94.0 Å². The average Bonchev–Trinajstić information content (AvgIpc) is 2.61. The summed E-state index contributed by atoms with van der Waals surface area (Å²) >= 11 is 3.31. The van der Waals surface area contributed by atoms with Crippen molar-refractivity contribution >= 4 is 27.0 Å². The molecule has 15 heavy (non-hydrogen) atoms. The van der Waals surface area contributed by atoms with Crippen molar-refractivity contribution in [2.75, 3.05) is 5.33 Å². The van der Waals surface area contributed by atoms with Gasteiger partial charge < -0.3 is 0 Å². The van der Waals surface area contributed by atoms with Gasteiger partial charge in [-0.3, -0.25) is 4.79 Å². The highest BCUT2D eigenvalue weighted by Crippen LogP contribution is 2.01. The molecule has 0 unspecified atom stereocenters. The minimum absolute atomic E-state index is 0.131. The molecule has 0 spiro atoms. The van der Waals surface area contributed by atoms with Crippen LogP contribution in [0.25, 0.3) is 11.0 Å². The zero-order valence-electron chi connectivity index (χ0n) is 8.22. The largest absolute Gasteiger partial charge is 0.280 e. The van der Waals surface area contributed by atoms with Gasteiger partial charge in [0, 0.05) is 18.9 Å². The van der Waals surface area contributed by atoms with E-state index in [1.54, 1.807) is 11.7 Å². The summed E-state index contributed by atoms with van der Waals surface area (Å²) in [5.41, 5.74) is 0.393. The van der Waals surface area contributed by atoms with Crippen molar-refractivity contribution in [3.8, 4) is 0 Å². The Morgan fingerprint density at radius 2 is 2.33 bits per heavy atom. The number of fused-ring (bicyclic) bond motifs is 1. The van der Waals surface area contributed by atoms with Gasteiger partial charge in [0.1, 0.15) is 5.39 Å². The van der Waals surface area contributed by atoms with Gasteiger partial charge in [-0.05, 0) is 6.42 Å². The Bertz CT molecular complexity index is 531. The fourth-order valence-electron chi connectivity index (χ4n) is 1.33. The van der Waals surface area contributed by atoms with E-state index in [4.69, 9.17) is 0 Å². The zero-order chi connectivity index (χ0) is 10.8. The minimum atomic E-state index is -0.131. The molecule has 0 amide bonds. The zero-order valence-corrected chi connectivity index (χ0v) is 9.81. The van der Waals surface area contributed by atoms with Crippen molar-refractivity contribution in [1.29, 1.82) is 0 Å². The highest BCUT2D eigenvalue weighted by atomic mass is 79.9. The Hall–Kier alpha value is -1.24. The second-order valence-electron chi connectivity index (χ2n) is 3.17. The predicted molar refractivity (Wildman–Crippen MR) is 59.0 cm³/mol. The lowest BCUT2D eigenvalue weighted by atomic mass is 10.4. The predicted octanol–water partition coefficient (Wildman–Crippen LogP) is 0.310. The normalized spacial score (nSPS) is 11.1. The van der Waals surface area contributed by atoms with Crippen molar-refractivity contribution in [3.63, 3.8) is 0 Å². The molecule has 0 atom stereocenters. The molecule has 0 radical (unpaired) electrons. The summed E-state index contributed by atoms with van der Waals surface area (Å²) in [7, 11) is 1.74. The van der Waals surface area contributed by atoms with Crippen LogP contribution in [-0.2, 0) is 13.6 Å². The van der Waals surface area contributed by atoms with E-state index >= 15 is 0 Å². The molecule has 0 saturated heterocycles. The molecule has 2 aromatic heterocycles. The van der Waals surface area contributed by atoms with Crippen LogP contribution < -0.4 is 5.56 Å². The molecule has 0 N–H and O–H groups in total. The lowest BCUT2D eigenvalue weighted by molar-refractivity contribution is 0.541. The van der Waals surface area contributed by atoms with Crippen LogP contribution in [0.5, 0.6) is 0 Å². The van der Waals surface area contributed by atoms with E-state index in [9.17, 15) is 4.79 Å². The number of aryl methyl sites for hydroxylation is 2. The van der Waals surface area contributed by atoms with E-state index in [1.165, 1.54) is 10.9 Å². The van der Waals surface area contributed by atoms with Crippen molar-refractivity contribution in [2.24, 2.45) is 7.05 Å². The van der Waals surface area contributed by atoms with Gasteiger partial charge in [0.25, 0.3) is 5.56 Å². The fraction of sp³-hybridized carbons (Fsp3) is 0.500. The molecule has 2 heterocycles. The average molecular weight is 272 g/mol. The number of rotatable bonds is 3. The van der Waals surface area contributed by atoms with E-state index in [0.29, 0.717) is 17.6 Å². The highest BCUT2D eigenvalue weighted by molar-refractivity contribution is 9.09. The van der Waals surface area contributed by atoms with E-state index < -0.39 is 0 Å². The van der Waals surface area contributed by atoms with Crippen molar-refractivity contribution in [2.45, 2.75) is 13.0 Å². The molecule has 7 heteroatoms. The number of nitrogens with zero attached hydrogens (tertiary/aromatic N) is 5. The second kappa shape index (κ2) is 4.09. The summed E-state index contributed by atoms with van der Waals surface area (Å²) in [5, 5.41) is 13.1. The van der Waals surface area contributed by atoms with E-state index in [-0.39, 0.29) is 5.56 Å². The third-order valence-corrected chi connectivity index (χ3v) is 2.68. The summed E-state index contributed by atoms with van der Waals surface area (Å²) in [5.74, 6) is 0. The van der Waals surface area contributed by atoms with Crippen LogP contribution in [0.15, 0.2) is 11.0 Å². The van der Waals surface area contributed by atoms with Gasteiger partial charge >= 0.3 is 0 Å². The maximum atomic E-state index is 11.8. The van der Waals surface area contributed by atoms with Gasteiger partial charge in [-0.1, -0.05) is 21.1 Å². The lowest BCUT2D eigenvalue weighted by Gasteiger charge is -2.00. The summed E-state index contributed by atoms with van der Waals surface area (Å²) in [4.78, 5) is 11.8. The summed E-state index contributed by atoms with van der Waals surface area (Å²) < 4.78 is 2.91. The summed E-state index contributed by atoms with van der Waals surface area (Å²) in [6.07, 6.45) is 2.37. The Morgan fingerprint density at radius 1 is 1.53 bits per heavy atom. The number of hydrogen-bond acceptors (Lipinski definition) is 4. The maximum absolute atomic E-state index is 11.8. The number of hydrogen-bond donors (Lipinski definition) is 0. The topological polar surface area (TPSA) is 65.6 Å². The van der Waals surface area contributed by atoms with Gasteiger partial charge in [0.2, 0.25) is 0 Å². The first-order valence-corrected chi connectivity index (χ1v) is 5.67. The first-order chi connectivity index (χ1) is 7.24. The van der Waals surface area contributed by atoms with E-state index in [1.807, 2.05) is 0 Å². The van der Waals surface area contributed by atoms with Crippen molar-refractivity contribution in [1.82, 2.24) is 24.8 Å². The van der Waals surface area contributed by atoms with E-state index in [0.717, 1.165) is 11.8 Å². The Morgan fingerprint density at radius 3 is 3.07 bits per heavy atom. The van der Waals surface area contributed by atoms with Crippen LogP contribution in [0.3, 0.4) is 0 Å². The van der Waals surface area contributed by atoms with Gasteiger partial charge in [0.15, 0.2) is 5.65 Å². The standard InChI is InChI=1S/C8H10BrN5O/c1-13-7-6(5-10-13)8(15)14(12-11-7)4-2-3-9/h5H,2-4H2,1H3. The summed E-state index contributed by atoms with van der Waals surface area (Å²) in [6, 6.07) is 0. The Balaban J connectivity index is 2.51. The monoisotopic (exact) mass is 271 g/mol. The Kier molecular flexibility index (Phi) is 2.81. The van der Waals surface area contributed by atoms with Gasteiger partial charge in [-0.25, -0.2) is 9.36 Å². The molecule has 2 aromatic rings. The molecule has 80 valence electrons. The van der Waals surface area contributed by atoms with Gasteiger partial charge in [-0.2, -0.15) is 5.10 Å². The number of alkyl halides is 1.